The topological polar surface area (TPSA) is 83.0 Å². The molecule has 0 N–H and O–H groups in total. The predicted molar refractivity (Wildman–Crippen MR) is 104 cm³/mol. The molecule has 0 bridgehead atoms. The van der Waals surface area contributed by atoms with Crippen LogP contribution in [0.1, 0.15) is 12.0 Å². The first-order valence-electron chi connectivity index (χ1n) is 8.53. The number of hydrogen-bond donors (Lipinski definition) is 0. The van der Waals surface area contributed by atoms with Crippen molar-refractivity contribution in [2.24, 2.45) is 0 Å². The Morgan fingerprint density at radius 2 is 1.96 bits per heavy atom. The number of rotatable bonds is 7. The smallest absolute Gasteiger partial charge is 0.277 e. The molecule has 0 aliphatic rings. The van der Waals surface area contributed by atoms with Crippen molar-refractivity contribution < 1.29 is 13.6 Å². The van der Waals surface area contributed by atoms with Gasteiger partial charge in [-0.15, -0.1) is 10.2 Å². The Morgan fingerprint density at radius 1 is 1.21 bits per heavy atom. The van der Waals surface area contributed by atoms with E-state index in [9.17, 15) is 9.18 Å². The Kier molecular flexibility index (Phi) is 6.40. The fourth-order valence-electron chi connectivity index (χ4n) is 2.49. The number of anilines is 1. The van der Waals surface area contributed by atoms with Crippen molar-refractivity contribution in [3.05, 3.63) is 59.9 Å². The molecule has 0 spiro atoms. The largest absolute Gasteiger partial charge is 0.411 e. The summed E-state index contributed by atoms with van der Waals surface area (Å²) in [5.74, 6) is -0.515. The lowest BCUT2D eigenvalue weighted by molar-refractivity contribution is -0.116. The van der Waals surface area contributed by atoms with Gasteiger partial charge in [-0.2, -0.15) is 5.26 Å². The van der Waals surface area contributed by atoms with Crippen LogP contribution in [0.3, 0.4) is 0 Å². The van der Waals surface area contributed by atoms with E-state index in [-0.39, 0.29) is 35.5 Å². The van der Waals surface area contributed by atoms with E-state index >= 15 is 0 Å². The highest BCUT2D eigenvalue weighted by molar-refractivity contribution is 7.99. The van der Waals surface area contributed by atoms with Gasteiger partial charge in [-0.3, -0.25) is 4.79 Å². The molecule has 0 unspecified atom stereocenters. The first-order chi connectivity index (χ1) is 13.6. The van der Waals surface area contributed by atoms with Gasteiger partial charge >= 0.3 is 0 Å². The molecule has 1 aromatic heterocycles. The van der Waals surface area contributed by atoms with Crippen molar-refractivity contribution >= 4 is 23.4 Å². The predicted octanol–water partition coefficient (Wildman–Crippen LogP) is 4.22. The molecule has 28 heavy (non-hydrogen) atoms. The minimum atomic E-state index is -0.516. The Hall–Kier alpha value is -3.18. The zero-order chi connectivity index (χ0) is 19.9. The number of hydrogen-bond acceptors (Lipinski definition) is 6. The molecule has 1 amide bonds. The third kappa shape index (κ3) is 4.75. The third-order valence-corrected chi connectivity index (χ3v) is 4.72. The number of carbonyl (C=O) groups excluding carboxylic acids is 1. The molecule has 0 aliphatic carbocycles. The van der Waals surface area contributed by atoms with Crippen LogP contribution < -0.4 is 4.90 Å². The summed E-state index contributed by atoms with van der Waals surface area (Å²) in [6.07, 6.45) is 0.100. The van der Waals surface area contributed by atoms with Crippen LogP contribution in [0.2, 0.25) is 0 Å². The normalized spacial score (nSPS) is 10.5. The summed E-state index contributed by atoms with van der Waals surface area (Å²) < 4.78 is 19.7. The van der Waals surface area contributed by atoms with Gasteiger partial charge in [-0.25, -0.2) is 4.39 Å². The number of nitrogens with zero attached hydrogens (tertiary/aromatic N) is 4. The lowest BCUT2D eigenvalue weighted by atomic mass is 10.1. The molecule has 8 heteroatoms. The fraction of sp³-hybridized carbons (Fsp3) is 0.200. The lowest BCUT2D eigenvalue weighted by Crippen LogP contribution is -2.34. The minimum absolute atomic E-state index is 0.0186. The van der Waals surface area contributed by atoms with Crippen molar-refractivity contribution in [3.8, 4) is 17.5 Å². The number of thioether (sulfide) groups is 1. The average Bonchev–Trinajstić information content (AvgIpc) is 3.17. The van der Waals surface area contributed by atoms with E-state index in [1.165, 1.54) is 17.0 Å². The molecule has 0 saturated carbocycles. The number of aromatic nitrogens is 2. The second-order valence-electron chi connectivity index (χ2n) is 5.93. The number of halogens is 1. The Bertz CT molecular complexity index is 998. The highest BCUT2D eigenvalue weighted by Crippen LogP contribution is 2.25. The summed E-state index contributed by atoms with van der Waals surface area (Å²) in [7, 11) is 0. The van der Waals surface area contributed by atoms with Gasteiger partial charge < -0.3 is 9.32 Å². The Labute approximate surface area is 166 Å². The molecule has 3 aromatic rings. The van der Waals surface area contributed by atoms with E-state index in [0.717, 1.165) is 22.9 Å². The van der Waals surface area contributed by atoms with E-state index in [2.05, 4.69) is 10.2 Å². The van der Waals surface area contributed by atoms with Gasteiger partial charge in [0.05, 0.1) is 23.9 Å². The van der Waals surface area contributed by atoms with Crippen LogP contribution in [0.25, 0.3) is 11.5 Å². The van der Waals surface area contributed by atoms with Gasteiger partial charge in [0.15, 0.2) is 0 Å². The van der Waals surface area contributed by atoms with Crippen LogP contribution in [0.5, 0.6) is 0 Å². The van der Waals surface area contributed by atoms with Crippen molar-refractivity contribution in [1.29, 1.82) is 5.26 Å². The summed E-state index contributed by atoms with van der Waals surface area (Å²) in [6, 6.07) is 15.6. The number of benzene rings is 2. The van der Waals surface area contributed by atoms with Crippen LogP contribution in [0.15, 0.2) is 58.2 Å². The van der Waals surface area contributed by atoms with Gasteiger partial charge in [0.1, 0.15) is 5.82 Å². The summed E-state index contributed by atoms with van der Waals surface area (Å²) >= 11 is 1.07. The second-order valence-corrected chi connectivity index (χ2v) is 6.86. The van der Waals surface area contributed by atoms with Gasteiger partial charge in [0.25, 0.3) is 5.22 Å². The van der Waals surface area contributed by atoms with Gasteiger partial charge in [0, 0.05) is 12.1 Å². The van der Waals surface area contributed by atoms with E-state index in [0.29, 0.717) is 5.89 Å². The van der Waals surface area contributed by atoms with E-state index in [1.54, 1.807) is 12.1 Å². The van der Waals surface area contributed by atoms with E-state index < -0.39 is 5.82 Å². The highest BCUT2D eigenvalue weighted by atomic mass is 32.2. The third-order valence-electron chi connectivity index (χ3n) is 3.92. The fourth-order valence-corrected chi connectivity index (χ4v) is 3.13. The van der Waals surface area contributed by atoms with Gasteiger partial charge in [-0.1, -0.05) is 41.6 Å². The van der Waals surface area contributed by atoms with Gasteiger partial charge in [0.2, 0.25) is 11.8 Å². The van der Waals surface area contributed by atoms with Crippen LogP contribution >= 0.6 is 11.8 Å². The van der Waals surface area contributed by atoms with Gasteiger partial charge in [-0.05, 0) is 31.2 Å². The molecule has 0 radical (unpaired) electrons. The Morgan fingerprint density at radius 3 is 2.68 bits per heavy atom. The molecular formula is C20H17FN4O2S. The number of aryl methyl sites for hydroxylation is 1. The molecule has 6 nitrogen and oxygen atoms in total. The second kappa shape index (κ2) is 9.15. The van der Waals surface area contributed by atoms with Crippen molar-refractivity contribution in [2.75, 3.05) is 17.2 Å². The Balaban J connectivity index is 1.68. The molecular weight excluding hydrogens is 379 g/mol. The number of nitriles is 1. The summed E-state index contributed by atoms with van der Waals surface area (Å²) in [6.45, 7) is 2.09. The van der Waals surface area contributed by atoms with Crippen molar-refractivity contribution in [3.63, 3.8) is 0 Å². The van der Waals surface area contributed by atoms with Crippen LogP contribution in [0, 0.1) is 24.1 Å². The van der Waals surface area contributed by atoms with E-state index in [1.807, 2.05) is 37.3 Å². The maximum atomic E-state index is 14.1. The molecule has 142 valence electrons. The lowest BCUT2D eigenvalue weighted by Gasteiger charge is -2.21. The summed E-state index contributed by atoms with van der Waals surface area (Å²) in [5.41, 5.74) is 2.06. The van der Waals surface area contributed by atoms with Crippen LogP contribution in [0.4, 0.5) is 10.1 Å². The maximum absolute atomic E-state index is 14.1. The molecule has 3 rings (SSSR count). The van der Waals surface area contributed by atoms with E-state index in [4.69, 9.17) is 9.68 Å². The molecule has 0 aliphatic heterocycles. The number of para-hydroxylation sites is 1. The average molecular weight is 396 g/mol. The molecule has 0 fully saturated rings. The zero-order valence-corrected chi connectivity index (χ0v) is 15.9. The van der Waals surface area contributed by atoms with Crippen LogP contribution in [-0.2, 0) is 4.79 Å². The number of carbonyl (C=O) groups is 1. The minimum Gasteiger partial charge on any atom is -0.411 e. The summed E-state index contributed by atoms with van der Waals surface area (Å²) in [5, 5.41) is 17.0. The quantitative estimate of drug-likeness (QED) is 0.556. The van der Waals surface area contributed by atoms with Crippen molar-refractivity contribution in [1.82, 2.24) is 10.2 Å². The first kappa shape index (κ1) is 19.6. The highest BCUT2D eigenvalue weighted by Gasteiger charge is 2.20. The van der Waals surface area contributed by atoms with Crippen LogP contribution in [-0.4, -0.2) is 28.4 Å². The summed E-state index contributed by atoms with van der Waals surface area (Å²) in [4.78, 5) is 13.9. The molecule has 2 aromatic carbocycles. The SMILES string of the molecule is Cc1ccc(-c2nnc(SCC(=O)N(CCC#N)c3ccccc3F)o2)cc1. The number of amides is 1. The molecule has 0 saturated heterocycles. The van der Waals surface area contributed by atoms with Crippen molar-refractivity contribution in [2.45, 2.75) is 18.6 Å². The zero-order valence-electron chi connectivity index (χ0n) is 15.1. The molecule has 1 heterocycles. The maximum Gasteiger partial charge on any atom is 0.277 e. The monoisotopic (exact) mass is 396 g/mol. The standard InChI is InChI=1S/C20H17FN4O2S/c1-14-7-9-15(10-8-14)19-23-24-20(27-19)28-13-18(26)25(12-4-11-22)17-6-3-2-5-16(17)21/h2-3,5-10H,4,12-13H2,1H3. The molecule has 0 atom stereocenters. The first-order valence-corrected chi connectivity index (χ1v) is 9.52.